The summed E-state index contributed by atoms with van der Waals surface area (Å²) in [5.74, 6) is 2.14. The largest absolute Gasteiger partial charge is 0.369 e. The molecule has 0 amide bonds. The molecule has 1 aromatic heterocycles. The Morgan fingerprint density at radius 2 is 2.29 bits per heavy atom. The Labute approximate surface area is 89.7 Å². The van der Waals surface area contributed by atoms with Gasteiger partial charge in [-0.15, -0.1) is 5.10 Å². The topological polar surface area (TPSA) is 37.8 Å². The van der Waals surface area contributed by atoms with Crippen LogP contribution in [0.2, 0.25) is 0 Å². The fourth-order valence-corrected chi connectivity index (χ4v) is 1.65. The molecule has 0 radical (unpaired) electrons. The van der Waals surface area contributed by atoms with Crippen LogP contribution < -0.4 is 5.32 Å². The van der Waals surface area contributed by atoms with Crippen LogP contribution in [0, 0.1) is 0 Å². The minimum Gasteiger partial charge on any atom is -0.369 e. The van der Waals surface area contributed by atoms with Gasteiger partial charge in [0, 0.05) is 12.7 Å². The molecule has 78 valence electrons. The summed E-state index contributed by atoms with van der Waals surface area (Å²) in [6, 6.07) is 3.83. The third kappa shape index (κ3) is 5.07. The second-order valence-corrected chi connectivity index (χ2v) is 4.07. The van der Waals surface area contributed by atoms with Gasteiger partial charge in [-0.1, -0.05) is 6.42 Å². The zero-order valence-electron chi connectivity index (χ0n) is 8.57. The molecule has 0 aliphatic heterocycles. The number of hydrogen-bond acceptors (Lipinski definition) is 4. The molecule has 3 nitrogen and oxygen atoms in total. The highest BCUT2D eigenvalue weighted by Gasteiger charge is 1.91. The second kappa shape index (κ2) is 7.62. The van der Waals surface area contributed by atoms with E-state index in [1.165, 1.54) is 25.0 Å². The van der Waals surface area contributed by atoms with E-state index in [2.05, 4.69) is 21.8 Å². The Hall–Kier alpha value is -0.770. The van der Waals surface area contributed by atoms with Crippen LogP contribution in [0.4, 0.5) is 5.82 Å². The number of unbranched alkanes of at least 4 members (excludes halogenated alkanes) is 2. The van der Waals surface area contributed by atoms with Crippen molar-refractivity contribution in [2.75, 3.05) is 23.9 Å². The van der Waals surface area contributed by atoms with Crippen molar-refractivity contribution in [2.24, 2.45) is 0 Å². The van der Waals surface area contributed by atoms with Gasteiger partial charge in [0.15, 0.2) is 0 Å². The number of nitrogens with zero attached hydrogens (tertiary/aromatic N) is 2. The summed E-state index contributed by atoms with van der Waals surface area (Å²) < 4.78 is 0. The van der Waals surface area contributed by atoms with E-state index < -0.39 is 0 Å². The van der Waals surface area contributed by atoms with Crippen molar-refractivity contribution in [1.82, 2.24) is 10.2 Å². The number of aromatic nitrogens is 2. The van der Waals surface area contributed by atoms with E-state index in [1.807, 2.05) is 23.9 Å². The van der Waals surface area contributed by atoms with Gasteiger partial charge >= 0.3 is 0 Å². The summed E-state index contributed by atoms with van der Waals surface area (Å²) in [4.78, 5) is 0. The molecule has 1 rings (SSSR count). The van der Waals surface area contributed by atoms with Gasteiger partial charge in [0.25, 0.3) is 0 Å². The van der Waals surface area contributed by atoms with Crippen LogP contribution in [0.25, 0.3) is 0 Å². The molecule has 4 heteroatoms. The van der Waals surface area contributed by atoms with Crippen LogP contribution in [0.1, 0.15) is 19.3 Å². The molecule has 1 heterocycles. The molecule has 0 aliphatic rings. The smallest absolute Gasteiger partial charge is 0.148 e. The van der Waals surface area contributed by atoms with Crippen LogP contribution in [-0.2, 0) is 0 Å². The molecular formula is C10H17N3S. The zero-order chi connectivity index (χ0) is 10.1. The van der Waals surface area contributed by atoms with Gasteiger partial charge in [-0.2, -0.15) is 16.9 Å². The predicted molar refractivity (Wildman–Crippen MR) is 62.8 cm³/mol. The summed E-state index contributed by atoms with van der Waals surface area (Å²) in [6.07, 6.45) is 7.63. The Morgan fingerprint density at radius 3 is 3.00 bits per heavy atom. The molecule has 0 atom stereocenters. The number of hydrogen-bond donors (Lipinski definition) is 1. The van der Waals surface area contributed by atoms with Crippen LogP contribution >= 0.6 is 11.8 Å². The molecule has 1 N–H and O–H groups in total. The average molecular weight is 211 g/mol. The van der Waals surface area contributed by atoms with Gasteiger partial charge in [0.1, 0.15) is 5.82 Å². The molecule has 0 aliphatic carbocycles. The van der Waals surface area contributed by atoms with Gasteiger partial charge in [-0.05, 0) is 37.0 Å². The van der Waals surface area contributed by atoms with Crippen molar-refractivity contribution in [3.63, 3.8) is 0 Å². The van der Waals surface area contributed by atoms with Crippen LogP contribution in [0.15, 0.2) is 18.3 Å². The first-order valence-electron chi connectivity index (χ1n) is 4.94. The van der Waals surface area contributed by atoms with E-state index >= 15 is 0 Å². The lowest BCUT2D eigenvalue weighted by molar-refractivity contribution is 0.747. The maximum atomic E-state index is 3.95. The van der Waals surface area contributed by atoms with Crippen molar-refractivity contribution < 1.29 is 0 Å². The van der Waals surface area contributed by atoms with E-state index in [1.54, 1.807) is 6.20 Å². The van der Waals surface area contributed by atoms with E-state index in [0.29, 0.717) is 0 Å². The number of rotatable bonds is 7. The molecule has 0 fully saturated rings. The summed E-state index contributed by atoms with van der Waals surface area (Å²) >= 11 is 1.91. The molecule has 1 aromatic rings. The average Bonchev–Trinajstić information content (AvgIpc) is 2.25. The third-order valence-electron chi connectivity index (χ3n) is 1.90. The van der Waals surface area contributed by atoms with Crippen molar-refractivity contribution in [3.8, 4) is 0 Å². The molecule has 0 spiro atoms. The number of nitrogens with one attached hydrogen (secondary N) is 1. The van der Waals surface area contributed by atoms with Gasteiger partial charge in [-0.3, -0.25) is 0 Å². The lowest BCUT2D eigenvalue weighted by Crippen LogP contribution is -2.03. The van der Waals surface area contributed by atoms with Gasteiger partial charge in [0.05, 0.1) is 0 Å². The van der Waals surface area contributed by atoms with Crippen molar-refractivity contribution in [1.29, 1.82) is 0 Å². The SMILES string of the molecule is CSCCCCCNc1cccnn1. The molecule has 0 saturated heterocycles. The first kappa shape index (κ1) is 11.3. The van der Waals surface area contributed by atoms with Crippen LogP contribution in [0.3, 0.4) is 0 Å². The summed E-state index contributed by atoms with van der Waals surface area (Å²) in [5.41, 5.74) is 0. The van der Waals surface area contributed by atoms with Gasteiger partial charge in [-0.25, -0.2) is 0 Å². The molecular weight excluding hydrogens is 194 g/mol. The molecule has 0 bridgehead atoms. The van der Waals surface area contributed by atoms with Crippen molar-refractivity contribution >= 4 is 17.6 Å². The fraction of sp³-hybridized carbons (Fsp3) is 0.600. The normalized spacial score (nSPS) is 10.1. The Kier molecular flexibility index (Phi) is 6.15. The van der Waals surface area contributed by atoms with E-state index in [-0.39, 0.29) is 0 Å². The maximum Gasteiger partial charge on any atom is 0.148 e. The van der Waals surface area contributed by atoms with Gasteiger partial charge in [0.2, 0.25) is 0 Å². The Balaban J connectivity index is 1.99. The van der Waals surface area contributed by atoms with E-state index in [4.69, 9.17) is 0 Å². The molecule has 0 saturated carbocycles. The fourth-order valence-electron chi connectivity index (χ4n) is 1.16. The van der Waals surface area contributed by atoms with Crippen molar-refractivity contribution in [2.45, 2.75) is 19.3 Å². The molecule has 14 heavy (non-hydrogen) atoms. The Bertz CT molecular complexity index is 228. The van der Waals surface area contributed by atoms with E-state index in [9.17, 15) is 0 Å². The first-order chi connectivity index (χ1) is 6.93. The first-order valence-corrected chi connectivity index (χ1v) is 6.33. The summed E-state index contributed by atoms with van der Waals surface area (Å²) in [7, 11) is 0. The predicted octanol–water partition coefficient (Wildman–Crippen LogP) is 2.42. The lowest BCUT2D eigenvalue weighted by atomic mass is 10.2. The highest BCUT2D eigenvalue weighted by molar-refractivity contribution is 7.98. The van der Waals surface area contributed by atoms with Gasteiger partial charge < -0.3 is 5.32 Å². The number of anilines is 1. The number of thioether (sulfide) groups is 1. The minimum atomic E-state index is 0.873. The molecule has 0 unspecified atom stereocenters. The quantitative estimate of drug-likeness (QED) is 0.703. The highest BCUT2D eigenvalue weighted by Crippen LogP contribution is 2.03. The Morgan fingerprint density at radius 1 is 1.36 bits per heavy atom. The standard InChI is InChI=1S/C10H17N3S/c1-14-9-4-2-3-7-11-10-6-5-8-12-13-10/h5-6,8H,2-4,7,9H2,1H3,(H,11,13). The third-order valence-corrected chi connectivity index (χ3v) is 2.60. The van der Waals surface area contributed by atoms with Crippen molar-refractivity contribution in [3.05, 3.63) is 18.3 Å². The summed E-state index contributed by atoms with van der Waals surface area (Å²) in [6.45, 7) is 0.993. The van der Waals surface area contributed by atoms with Crippen LogP contribution in [0.5, 0.6) is 0 Å². The zero-order valence-corrected chi connectivity index (χ0v) is 9.39. The molecule has 0 aromatic carbocycles. The maximum absolute atomic E-state index is 3.95. The lowest BCUT2D eigenvalue weighted by Gasteiger charge is -2.03. The minimum absolute atomic E-state index is 0.873. The van der Waals surface area contributed by atoms with E-state index in [0.717, 1.165) is 12.4 Å². The second-order valence-electron chi connectivity index (χ2n) is 3.09. The highest BCUT2D eigenvalue weighted by atomic mass is 32.2. The summed E-state index contributed by atoms with van der Waals surface area (Å²) in [5, 5.41) is 11.0. The van der Waals surface area contributed by atoms with Crippen LogP contribution in [-0.4, -0.2) is 28.8 Å². The monoisotopic (exact) mass is 211 g/mol.